The van der Waals surface area contributed by atoms with Crippen molar-refractivity contribution in [1.29, 1.82) is 0 Å². The van der Waals surface area contributed by atoms with Crippen molar-refractivity contribution < 1.29 is 14.3 Å². The molecule has 0 atom stereocenters. The molecule has 1 fully saturated rings. The first-order chi connectivity index (χ1) is 9.58. The second-order valence-electron chi connectivity index (χ2n) is 4.85. The van der Waals surface area contributed by atoms with E-state index in [1.54, 1.807) is 17.0 Å². The number of carbonyl (C=O) groups is 2. The third-order valence-electron chi connectivity index (χ3n) is 3.33. The zero-order valence-electron chi connectivity index (χ0n) is 11.3. The van der Waals surface area contributed by atoms with Crippen LogP contribution in [0.15, 0.2) is 18.2 Å². The SMILES string of the molecule is NC(=O)c1cc(N)ccc1OCC(=O)N1CCCCC1. The molecule has 2 rings (SSSR count). The van der Waals surface area contributed by atoms with Crippen LogP contribution in [0.4, 0.5) is 5.69 Å². The van der Waals surface area contributed by atoms with Crippen molar-refractivity contribution in [3.8, 4) is 5.75 Å². The van der Waals surface area contributed by atoms with Crippen molar-refractivity contribution >= 4 is 17.5 Å². The Morgan fingerprint density at radius 1 is 1.20 bits per heavy atom. The molecule has 0 unspecified atom stereocenters. The van der Waals surface area contributed by atoms with Crippen molar-refractivity contribution in [1.82, 2.24) is 4.90 Å². The monoisotopic (exact) mass is 277 g/mol. The number of ether oxygens (including phenoxy) is 1. The van der Waals surface area contributed by atoms with Gasteiger partial charge in [-0.2, -0.15) is 0 Å². The molecule has 4 N–H and O–H groups in total. The summed E-state index contributed by atoms with van der Waals surface area (Å²) in [6, 6.07) is 4.61. The molecule has 0 aliphatic carbocycles. The molecule has 1 aliphatic rings. The lowest BCUT2D eigenvalue weighted by atomic mass is 10.1. The molecular formula is C14H19N3O3. The number of nitrogens with zero attached hydrogens (tertiary/aromatic N) is 1. The Balaban J connectivity index is 1.99. The van der Waals surface area contributed by atoms with Crippen LogP contribution < -0.4 is 16.2 Å². The second-order valence-corrected chi connectivity index (χ2v) is 4.85. The lowest BCUT2D eigenvalue weighted by Crippen LogP contribution is -2.38. The largest absolute Gasteiger partial charge is 0.483 e. The summed E-state index contributed by atoms with van der Waals surface area (Å²) in [6.45, 7) is 1.45. The maximum absolute atomic E-state index is 12.0. The number of anilines is 1. The molecule has 6 nitrogen and oxygen atoms in total. The van der Waals surface area contributed by atoms with Gasteiger partial charge < -0.3 is 21.1 Å². The molecule has 108 valence electrons. The molecule has 0 aromatic heterocycles. The lowest BCUT2D eigenvalue weighted by molar-refractivity contribution is -0.134. The average Bonchev–Trinajstić information content (AvgIpc) is 2.46. The molecule has 1 aliphatic heterocycles. The van der Waals surface area contributed by atoms with Crippen molar-refractivity contribution in [3.05, 3.63) is 23.8 Å². The Labute approximate surface area is 117 Å². The highest BCUT2D eigenvalue weighted by Gasteiger charge is 2.18. The number of benzene rings is 1. The van der Waals surface area contributed by atoms with Gasteiger partial charge in [-0.15, -0.1) is 0 Å². The second kappa shape index (κ2) is 6.27. The smallest absolute Gasteiger partial charge is 0.260 e. The van der Waals surface area contributed by atoms with Crippen LogP contribution in [0.2, 0.25) is 0 Å². The Morgan fingerprint density at radius 2 is 1.90 bits per heavy atom. The standard InChI is InChI=1S/C14H19N3O3/c15-10-4-5-12(11(8-10)14(16)19)20-9-13(18)17-6-2-1-3-7-17/h4-5,8H,1-3,6-7,9,15H2,(H2,16,19). The van der Waals surface area contributed by atoms with Crippen molar-refractivity contribution in [2.24, 2.45) is 5.73 Å². The number of amides is 2. The highest BCUT2D eigenvalue weighted by molar-refractivity contribution is 5.96. The first-order valence-electron chi connectivity index (χ1n) is 6.68. The fourth-order valence-corrected chi connectivity index (χ4v) is 2.24. The lowest BCUT2D eigenvalue weighted by Gasteiger charge is -2.26. The van der Waals surface area contributed by atoms with Crippen molar-refractivity contribution in [2.75, 3.05) is 25.4 Å². The van der Waals surface area contributed by atoms with Crippen LogP contribution in [-0.2, 0) is 4.79 Å². The molecule has 0 radical (unpaired) electrons. The number of piperidine rings is 1. The predicted molar refractivity (Wildman–Crippen MR) is 75.3 cm³/mol. The van der Waals surface area contributed by atoms with Gasteiger partial charge in [0.15, 0.2) is 6.61 Å². The van der Waals surface area contributed by atoms with Gasteiger partial charge in [0.25, 0.3) is 11.8 Å². The Kier molecular flexibility index (Phi) is 4.45. The maximum Gasteiger partial charge on any atom is 0.260 e. The van der Waals surface area contributed by atoms with E-state index in [0.29, 0.717) is 5.69 Å². The number of carbonyl (C=O) groups excluding carboxylic acids is 2. The van der Waals surface area contributed by atoms with E-state index in [1.807, 2.05) is 0 Å². The summed E-state index contributed by atoms with van der Waals surface area (Å²) in [6.07, 6.45) is 3.22. The van der Waals surface area contributed by atoms with Gasteiger partial charge in [-0.1, -0.05) is 0 Å². The van der Waals surface area contributed by atoms with Crippen LogP contribution in [0.25, 0.3) is 0 Å². The zero-order chi connectivity index (χ0) is 14.5. The maximum atomic E-state index is 12.0. The van der Waals surface area contributed by atoms with Crippen LogP contribution in [0.5, 0.6) is 5.75 Å². The molecule has 1 aromatic rings. The van der Waals surface area contributed by atoms with Gasteiger partial charge >= 0.3 is 0 Å². The third-order valence-corrected chi connectivity index (χ3v) is 3.33. The molecule has 2 amide bonds. The Bertz CT molecular complexity index is 510. The molecule has 0 spiro atoms. The van der Waals surface area contributed by atoms with Gasteiger partial charge in [0.05, 0.1) is 5.56 Å². The molecule has 20 heavy (non-hydrogen) atoms. The molecule has 1 saturated heterocycles. The number of likely N-dealkylation sites (tertiary alicyclic amines) is 1. The summed E-state index contributed by atoms with van der Waals surface area (Å²) in [5, 5.41) is 0. The van der Waals surface area contributed by atoms with Crippen molar-refractivity contribution in [2.45, 2.75) is 19.3 Å². The van der Waals surface area contributed by atoms with E-state index in [-0.39, 0.29) is 23.8 Å². The number of nitrogen functional groups attached to an aromatic ring is 1. The molecule has 0 bridgehead atoms. The summed E-state index contributed by atoms with van der Waals surface area (Å²) >= 11 is 0. The van der Waals surface area contributed by atoms with E-state index in [2.05, 4.69) is 0 Å². The van der Waals surface area contributed by atoms with Crippen LogP contribution >= 0.6 is 0 Å². The van der Waals surface area contributed by atoms with E-state index >= 15 is 0 Å². The van der Waals surface area contributed by atoms with E-state index in [1.165, 1.54) is 6.07 Å². The van der Waals surface area contributed by atoms with Gasteiger partial charge in [0.2, 0.25) is 0 Å². The molecule has 0 saturated carbocycles. The van der Waals surface area contributed by atoms with E-state index in [0.717, 1.165) is 32.4 Å². The number of nitrogens with two attached hydrogens (primary N) is 2. The third kappa shape index (κ3) is 3.40. The van der Waals surface area contributed by atoms with Crippen LogP contribution in [0.1, 0.15) is 29.6 Å². The van der Waals surface area contributed by atoms with Crippen molar-refractivity contribution in [3.63, 3.8) is 0 Å². The fraction of sp³-hybridized carbons (Fsp3) is 0.429. The van der Waals surface area contributed by atoms with E-state index in [4.69, 9.17) is 16.2 Å². The molecule has 1 heterocycles. The number of primary amides is 1. The highest BCUT2D eigenvalue weighted by Crippen LogP contribution is 2.21. The Morgan fingerprint density at radius 3 is 2.55 bits per heavy atom. The number of hydrogen-bond acceptors (Lipinski definition) is 4. The van der Waals surface area contributed by atoms with Crippen LogP contribution in [0, 0.1) is 0 Å². The fourth-order valence-electron chi connectivity index (χ4n) is 2.24. The van der Waals surface area contributed by atoms with E-state index in [9.17, 15) is 9.59 Å². The van der Waals surface area contributed by atoms with Crippen LogP contribution in [0.3, 0.4) is 0 Å². The van der Waals surface area contributed by atoms with E-state index < -0.39 is 5.91 Å². The number of hydrogen-bond donors (Lipinski definition) is 2. The molecule has 6 heteroatoms. The average molecular weight is 277 g/mol. The number of rotatable bonds is 4. The van der Waals surface area contributed by atoms with Gasteiger partial charge in [-0.25, -0.2) is 0 Å². The minimum atomic E-state index is -0.627. The summed E-state index contributed by atoms with van der Waals surface area (Å²) in [5.41, 5.74) is 11.5. The first kappa shape index (κ1) is 14.2. The minimum absolute atomic E-state index is 0.0723. The van der Waals surface area contributed by atoms with Gasteiger partial charge in [-0.05, 0) is 37.5 Å². The topological polar surface area (TPSA) is 98.6 Å². The normalized spacial score (nSPS) is 14.9. The first-order valence-corrected chi connectivity index (χ1v) is 6.68. The summed E-state index contributed by atoms with van der Waals surface area (Å²) in [7, 11) is 0. The quantitative estimate of drug-likeness (QED) is 0.794. The molecule has 1 aromatic carbocycles. The van der Waals surface area contributed by atoms with Gasteiger partial charge in [-0.3, -0.25) is 9.59 Å². The summed E-state index contributed by atoms with van der Waals surface area (Å²) < 4.78 is 5.42. The highest BCUT2D eigenvalue weighted by atomic mass is 16.5. The minimum Gasteiger partial charge on any atom is -0.483 e. The summed E-state index contributed by atoms with van der Waals surface area (Å²) in [4.78, 5) is 25.1. The predicted octanol–water partition coefficient (Wildman–Crippen LogP) is 0.759. The Hall–Kier alpha value is -2.24. The van der Waals surface area contributed by atoms with Gasteiger partial charge in [0.1, 0.15) is 5.75 Å². The molecular weight excluding hydrogens is 258 g/mol. The summed E-state index contributed by atoms with van der Waals surface area (Å²) in [5.74, 6) is -0.410. The van der Waals surface area contributed by atoms with Crippen LogP contribution in [-0.4, -0.2) is 36.4 Å². The van der Waals surface area contributed by atoms with Gasteiger partial charge in [0, 0.05) is 18.8 Å². The zero-order valence-corrected chi connectivity index (χ0v) is 11.3.